The molecule has 5 heteroatoms. The maximum atomic E-state index is 12.7. The van der Waals surface area contributed by atoms with Gasteiger partial charge >= 0.3 is 0 Å². The number of phenolic OH excluding ortho intramolecular Hbond substituents is 1. The zero-order valence-electron chi connectivity index (χ0n) is 12.4. The van der Waals surface area contributed by atoms with Crippen LogP contribution >= 0.6 is 11.6 Å². The number of nitrogens with one attached hydrogen (secondary N) is 1. The zero-order valence-corrected chi connectivity index (χ0v) is 13.2. The first kappa shape index (κ1) is 16.1. The summed E-state index contributed by atoms with van der Waals surface area (Å²) in [6.07, 6.45) is 3.19. The average molecular weight is 311 g/mol. The Labute approximate surface area is 131 Å². The number of phenols is 1. The highest BCUT2D eigenvalue weighted by Gasteiger charge is 2.23. The van der Waals surface area contributed by atoms with Crippen LogP contribution in [0.5, 0.6) is 5.75 Å². The monoisotopic (exact) mass is 310 g/mol. The lowest BCUT2D eigenvalue weighted by Gasteiger charge is -2.30. The van der Waals surface area contributed by atoms with Crippen molar-refractivity contribution in [3.63, 3.8) is 0 Å². The molecule has 1 aromatic rings. The molecule has 0 radical (unpaired) electrons. The third-order valence-electron chi connectivity index (χ3n) is 3.85. The normalized spacial score (nSPS) is 18.5. The van der Waals surface area contributed by atoms with Crippen molar-refractivity contribution in [3.05, 3.63) is 28.8 Å². The van der Waals surface area contributed by atoms with Crippen molar-refractivity contribution >= 4 is 17.5 Å². The largest absolute Gasteiger partial charge is 0.507 e. The Kier molecular flexibility index (Phi) is 5.88. The molecule has 2 rings (SSSR count). The van der Waals surface area contributed by atoms with Crippen molar-refractivity contribution in [3.8, 4) is 5.75 Å². The van der Waals surface area contributed by atoms with Crippen molar-refractivity contribution in [2.75, 3.05) is 26.2 Å². The van der Waals surface area contributed by atoms with E-state index in [0.717, 1.165) is 38.9 Å². The highest BCUT2D eigenvalue weighted by Crippen LogP contribution is 2.24. The minimum absolute atomic E-state index is 0.00716. The van der Waals surface area contributed by atoms with Gasteiger partial charge in [0.25, 0.3) is 5.91 Å². The van der Waals surface area contributed by atoms with E-state index in [-0.39, 0.29) is 11.7 Å². The Hall–Kier alpha value is -1.26. The molecule has 0 spiro atoms. The minimum Gasteiger partial charge on any atom is -0.507 e. The first-order valence-electron chi connectivity index (χ1n) is 7.60. The van der Waals surface area contributed by atoms with Gasteiger partial charge in [-0.2, -0.15) is 0 Å². The molecule has 0 aromatic heterocycles. The summed E-state index contributed by atoms with van der Waals surface area (Å²) in [5.74, 6) is 0.338. The molecule has 0 bridgehead atoms. The summed E-state index contributed by atoms with van der Waals surface area (Å²) in [5, 5.41) is 13.7. The highest BCUT2D eigenvalue weighted by atomic mass is 35.5. The van der Waals surface area contributed by atoms with Crippen LogP contribution in [0, 0.1) is 5.92 Å². The Morgan fingerprint density at radius 3 is 3.00 bits per heavy atom. The first-order chi connectivity index (χ1) is 10.1. The maximum Gasteiger partial charge on any atom is 0.257 e. The number of halogens is 1. The summed E-state index contributed by atoms with van der Waals surface area (Å²) in [6, 6.07) is 4.60. The lowest BCUT2D eigenvalue weighted by Crippen LogP contribution is -2.41. The molecule has 1 aromatic carbocycles. The van der Waals surface area contributed by atoms with Crippen LogP contribution in [0.3, 0.4) is 0 Å². The summed E-state index contributed by atoms with van der Waals surface area (Å²) in [4.78, 5) is 14.5. The quantitative estimate of drug-likeness (QED) is 0.879. The number of carbonyl (C=O) groups is 1. The summed E-state index contributed by atoms with van der Waals surface area (Å²) in [7, 11) is 0. The predicted molar refractivity (Wildman–Crippen MR) is 84.9 cm³/mol. The van der Waals surface area contributed by atoms with Crippen molar-refractivity contribution in [1.82, 2.24) is 10.2 Å². The van der Waals surface area contributed by atoms with Crippen LogP contribution in [0.1, 0.15) is 36.5 Å². The van der Waals surface area contributed by atoms with E-state index in [2.05, 4.69) is 12.2 Å². The van der Waals surface area contributed by atoms with Gasteiger partial charge in [-0.15, -0.1) is 0 Å². The third kappa shape index (κ3) is 4.35. The molecule has 1 aliphatic heterocycles. The molecule has 1 amide bonds. The molecule has 1 atom stereocenters. The van der Waals surface area contributed by atoms with E-state index in [4.69, 9.17) is 11.6 Å². The predicted octanol–water partition coefficient (Wildman–Crippen LogP) is 2.90. The van der Waals surface area contributed by atoms with E-state index in [0.29, 0.717) is 23.0 Å². The minimum atomic E-state index is -0.137. The van der Waals surface area contributed by atoms with Crippen molar-refractivity contribution in [1.29, 1.82) is 0 Å². The highest BCUT2D eigenvalue weighted by molar-refractivity contribution is 6.31. The molecule has 1 saturated heterocycles. The van der Waals surface area contributed by atoms with Crippen molar-refractivity contribution in [2.45, 2.75) is 26.2 Å². The van der Waals surface area contributed by atoms with Gasteiger partial charge in [-0.1, -0.05) is 18.5 Å². The van der Waals surface area contributed by atoms with Crippen LogP contribution in [0.15, 0.2) is 18.2 Å². The van der Waals surface area contributed by atoms with Gasteiger partial charge in [-0.25, -0.2) is 0 Å². The molecule has 116 valence electrons. The fourth-order valence-corrected chi connectivity index (χ4v) is 2.96. The molecule has 21 heavy (non-hydrogen) atoms. The maximum absolute atomic E-state index is 12.7. The fraction of sp³-hybridized carbons (Fsp3) is 0.562. The van der Waals surface area contributed by atoms with Gasteiger partial charge in [-0.05, 0) is 56.5 Å². The number of carbonyl (C=O) groups excluding carboxylic acids is 1. The van der Waals surface area contributed by atoms with Gasteiger partial charge in [0.15, 0.2) is 0 Å². The SMILES string of the molecule is CCCN(CC1CCCNC1)C(=O)c1cc(Cl)ccc1O. The van der Waals surface area contributed by atoms with Crippen LogP contribution in [-0.4, -0.2) is 42.1 Å². The number of amides is 1. The number of hydrogen-bond acceptors (Lipinski definition) is 3. The van der Waals surface area contributed by atoms with E-state index in [1.165, 1.54) is 6.07 Å². The zero-order chi connectivity index (χ0) is 15.2. The summed E-state index contributed by atoms with van der Waals surface area (Å²) >= 11 is 5.94. The van der Waals surface area contributed by atoms with Crippen LogP contribution < -0.4 is 5.32 Å². The van der Waals surface area contributed by atoms with E-state index >= 15 is 0 Å². The number of aromatic hydroxyl groups is 1. The second-order valence-corrected chi connectivity index (χ2v) is 6.06. The Morgan fingerprint density at radius 2 is 2.33 bits per heavy atom. The number of benzene rings is 1. The molecule has 4 nitrogen and oxygen atoms in total. The number of hydrogen-bond donors (Lipinski definition) is 2. The molecule has 1 unspecified atom stereocenters. The second kappa shape index (κ2) is 7.66. The number of piperidine rings is 1. The third-order valence-corrected chi connectivity index (χ3v) is 4.08. The Morgan fingerprint density at radius 1 is 1.52 bits per heavy atom. The number of rotatable bonds is 5. The molecule has 1 heterocycles. The van der Waals surface area contributed by atoms with Crippen LogP contribution in [0.4, 0.5) is 0 Å². The topological polar surface area (TPSA) is 52.6 Å². The summed E-state index contributed by atoms with van der Waals surface area (Å²) in [6.45, 7) is 5.49. The van der Waals surface area contributed by atoms with Gasteiger partial charge in [-0.3, -0.25) is 4.79 Å². The van der Waals surface area contributed by atoms with Crippen molar-refractivity contribution < 1.29 is 9.90 Å². The van der Waals surface area contributed by atoms with Crippen molar-refractivity contribution in [2.24, 2.45) is 5.92 Å². The van der Waals surface area contributed by atoms with Gasteiger partial charge in [0.2, 0.25) is 0 Å². The molecule has 0 saturated carbocycles. The molecular formula is C16H23ClN2O2. The van der Waals surface area contributed by atoms with E-state index in [9.17, 15) is 9.90 Å². The van der Waals surface area contributed by atoms with Crippen LogP contribution in [0.25, 0.3) is 0 Å². The summed E-state index contributed by atoms with van der Waals surface area (Å²) in [5.41, 5.74) is 0.291. The van der Waals surface area contributed by atoms with Gasteiger partial charge in [0, 0.05) is 18.1 Å². The lowest BCUT2D eigenvalue weighted by molar-refractivity contribution is 0.0716. The fourth-order valence-electron chi connectivity index (χ4n) is 2.79. The van der Waals surface area contributed by atoms with Crippen LogP contribution in [0.2, 0.25) is 5.02 Å². The average Bonchev–Trinajstić information content (AvgIpc) is 2.49. The van der Waals surface area contributed by atoms with Crippen LogP contribution in [-0.2, 0) is 0 Å². The summed E-state index contributed by atoms with van der Waals surface area (Å²) < 4.78 is 0. The molecule has 1 aliphatic rings. The molecular weight excluding hydrogens is 288 g/mol. The Bertz CT molecular complexity index is 487. The molecule has 1 fully saturated rings. The van der Waals surface area contributed by atoms with Gasteiger partial charge in [0.05, 0.1) is 5.56 Å². The van der Waals surface area contributed by atoms with E-state index in [1.807, 2.05) is 4.90 Å². The standard InChI is InChI=1S/C16H23ClN2O2/c1-2-8-19(11-12-4-3-7-18-10-12)16(21)14-9-13(17)5-6-15(14)20/h5-6,9,12,18,20H,2-4,7-8,10-11H2,1H3. The Balaban J connectivity index is 2.12. The van der Waals surface area contributed by atoms with Gasteiger partial charge < -0.3 is 15.3 Å². The molecule has 2 N–H and O–H groups in total. The van der Waals surface area contributed by atoms with Gasteiger partial charge in [0.1, 0.15) is 5.75 Å². The van der Waals surface area contributed by atoms with E-state index < -0.39 is 0 Å². The second-order valence-electron chi connectivity index (χ2n) is 5.63. The van der Waals surface area contributed by atoms with E-state index in [1.54, 1.807) is 12.1 Å². The number of nitrogens with zero attached hydrogens (tertiary/aromatic N) is 1. The first-order valence-corrected chi connectivity index (χ1v) is 7.98. The smallest absolute Gasteiger partial charge is 0.257 e. The molecule has 0 aliphatic carbocycles. The lowest BCUT2D eigenvalue weighted by atomic mass is 9.98.